The van der Waals surface area contributed by atoms with Crippen molar-refractivity contribution in [1.29, 1.82) is 0 Å². The van der Waals surface area contributed by atoms with Crippen LogP contribution >= 0.6 is 15.9 Å². The molecule has 0 atom stereocenters. The van der Waals surface area contributed by atoms with Crippen LogP contribution in [0, 0.1) is 6.92 Å². The fourth-order valence-corrected chi connectivity index (χ4v) is 3.45. The van der Waals surface area contributed by atoms with Gasteiger partial charge in [0.2, 0.25) is 0 Å². The van der Waals surface area contributed by atoms with Gasteiger partial charge in [0.05, 0.1) is 11.1 Å². The lowest BCUT2D eigenvalue weighted by Gasteiger charge is -2.12. The summed E-state index contributed by atoms with van der Waals surface area (Å²) in [5.74, 6) is 0.326. The van der Waals surface area contributed by atoms with E-state index in [1.54, 1.807) is 42.5 Å². The van der Waals surface area contributed by atoms with E-state index in [0.29, 0.717) is 29.1 Å². The van der Waals surface area contributed by atoms with E-state index in [4.69, 9.17) is 4.74 Å². The number of carbonyl (C=O) groups excluding carboxylic acids is 2. The Morgan fingerprint density at radius 3 is 2.32 bits per heavy atom. The van der Waals surface area contributed by atoms with E-state index < -0.39 is 0 Å². The highest BCUT2D eigenvalue weighted by molar-refractivity contribution is 9.10. The van der Waals surface area contributed by atoms with Gasteiger partial charge in [-0.2, -0.15) is 0 Å². The second-order valence-electron chi connectivity index (χ2n) is 7.15. The lowest BCUT2D eigenvalue weighted by molar-refractivity contribution is 0.101. The number of hydrogen-bond donors (Lipinski definition) is 2. The number of benzene rings is 3. The number of unbranched alkanes of at least 4 members (excludes halogenated alkanes) is 1. The first-order chi connectivity index (χ1) is 15.0. The Labute approximate surface area is 191 Å². The van der Waals surface area contributed by atoms with Crippen LogP contribution in [-0.4, -0.2) is 18.4 Å². The molecule has 2 amide bonds. The average molecular weight is 481 g/mol. The lowest BCUT2D eigenvalue weighted by Crippen LogP contribution is -2.14. The zero-order valence-corrected chi connectivity index (χ0v) is 19.2. The topological polar surface area (TPSA) is 67.4 Å². The lowest BCUT2D eigenvalue weighted by atomic mass is 10.1. The summed E-state index contributed by atoms with van der Waals surface area (Å²) in [6, 6.07) is 19.7. The first-order valence-corrected chi connectivity index (χ1v) is 11.0. The van der Waals surface area contributed by atoms with E-state index in [0.717, 1.165) is 28.6 Å². The highest BCUT2D eigenvalue weighted by Gasteiger charge is 2.12. The number of ether oxygens (including phenoxy) is 1. The van der Waals surface area contributed by atoms with Crippen LogP contribution in [0.2, 0.25) is 0 Å². The van der Waals surface area contributed by atoms with Crippen molar-refractivity contribution in [3.8, 4) is 5.75 Å². The summed E-state index contributed by atoms with van der Waals surface area (Å²) in [5, 5.41) is 5.80. The first-order valence-electron chi connectivity index (χ1n) is 10.2. The van der Waals surface area contributed by atoms with Crippen molar-refractivity contribution >= 4 is 39.1 Å². The number of hydrogen-bond acceptors (Lipinski definition) is 3. The molecule has 0 heterocycles. The van der Waals surface area contributed by atoms with Gasteiger partial charge in [0, 0.05) is 22.5 Å². The predicted molar refractivity (Wildman–Crippen MR) is 128 cm³/mol. The zero-order chi connectivity index (χ0) is 22.2. The molecule has 3 aromatic carbocycles. The summed E-state index contributed by atoms with van der Waals surface area (Å²) in [5.41, 5.74) is 3.31. The summed E-state index contributed by atoms with van der Waals surface area (Å²) in [6.45, 7) is 4.64. The Morgan fingerprint density at radius 1 is 0.903 bits per heavy atom. The fraction of sp³-hybridized carbons (Fsp3) is 0.200. The van der Waals surface area contributed by atoms with Crippen LogP contribution in [0.1, 0.15) is 46.0 Å². The SMILES string of the molecule is CCCCOc1ccc(C(=O)Nc2ccc(NC(=O)c3ccccc3)c(C)c2)cc1Br. The molecule has 0 unspecified atom stereocenters. The summed E-state index contributed by atoms with van der Waals surface area (Å²) in [7, 11) is 0. The van der Waals surface area contributed by atoms with E-state index in [1.165, 1.54) is 0 Å². The quantitative estimate of drug-likeness (QED) is 0.364. The molecule has 0 saturated carbocycles. The van der Waals surface area contributed by atoms with Crippen LogP contribution in [0.4, 0.5) is 11.4 Å². The van der Waals surface area contributed by atoms with Crippen LogP contribution in [0.25, 0.3) is 0 Å². The van der Waals surface area contributed by atoms with Crippen molar-refractivity contribution in [2.75, 3.05) is 17.2 Å². The smallest absolute Gasteiger partial charge is 0.255 e. The number of carbonyl (C=O) groups is 2. The highest BCUT2D eigenvalue weighted by atomic mass is 79.9. The maximum atomic E-state index is 12.7. The molecule has 0 fully saturated rings. The standard InChI is InChI=1S/C25H25BrN2O3/c1-3-4-14-31-23-13-10-19(16-21(23)26)25(30)27-20-11-12-22(17(2)15-20)28-24(29)18-8-6-5-7-9-18/h5-13,15-16H,3-4,14H2,1-2H3,(H,27,30)(H,28,29). The highest BCUT2D eigenvalue weighted by Crippen LogP contribution is 2.27. The number of amides is 2. The van der Waals surface area contributed by atoms with Gasteiger partial charge in [-0.15, -0.1) is 0 Å². The van der Waals surface area contributed by atoms with E-state index in [1.807, 2.05) is 31.2 Å². The number of rotatable bonds is 8. The van der Waals surface area contributed by atoms with Crippen LogP contribution in [0.15, 0.2) is 71.2 Å². The summed E-state index contributed by atoms with van der Waals surface area (Å²) >= 11 is 3.47. The summed E-state index contributed by atoms with van der Waals surface area (Å²) < 4.78 is 6.45. The number of halogens is 1. The molecule has 0 aromatic heterocycles. The van der Waals surface area contributed by atoms with Gasteiger partial charge in [-0.3, -0.25) is 9.59 Å². The van der Waals surface area contributed by atoms with E-state index >= 15 is 0 Å². The van der Waals surface area contributed by atoms with Gasteiger partial charge in [-0.1, -0.05) is 31.5 Å². The largest absolute Gasteiger partial charge is 0.492 e. The Kier molecular flexibility index (Phi) is 7.84. The predicted octanol–water partition coefficient (Wildman–Crippen LogP) is 6.44. The molecule has 0 spiro atoms. The van der Waals surface area contributed by atoms with Crippen molar-refractivity contribution < 1.29 is 14.3 Å². The molecule has 0 aliphatic heterocycles. The third-order valence-corrected chi connectivity index (χ3v) is 5.34. The second kappa shape index (κ2) is 10.8. The normalized spacial score (nSPS) is 10.4. The molecule has 0 aliphatic carbocycles. The third-order valence-electron chi connectivity index (χ3n) is 4.72. The monoisotopic (exact) mass is 480 g/mol. The Hall–Kier alpha value is -3.12. The van der Waals surface area contributed by atoms with Crippen LogP contribution in [0.3, 0.4) is 0 Å². The van der Waals surface area contributed by atoms with Crippen LogP contribution < -0.4 is 15.4 Å². The fourth-order valence-electron chi connectivity index (χ4n) is 2.95. The Bertz CT molecular complexity index is 1070. The van der Waals surface area contributed by atoms with Crippen molar-refractivity contribution in [3.05, 3.63) is 87.9 Å². The molecule has 6 heteroatoms. The van der Waals surface area contributed by atoms with Crippen LogP contribution in [0.5, 0.6) is 5.75 Å². The maximum absolute atomic E-state index is 12.7. The van der Waals surface area contributed by atoms with Crippen molar-refractivity contribution in [2.45, 2.75) is 26.7 Å². The van der Waals surface area contributed by atoms with Crippen molar-refractivity contribution in [1.82, 2.24) is 0 Å². The zero-order valence-electron chi connectivity index (χ0n) is 17.6. The number of anilines is 2. The minimum absolute atomic E-state index is 0.174. The molecule has 0 radical (unpaired) electrons. The first kappa shape index (κ1) is 22.6. The van der Waals surface area contributed by atoms with Crippen molar-refractivity contribution in [3.63, 3.8) is 0 Å². The van der Waals surface area contributed by atoms with Gasteiger partial charge in [-0.05, 0) is 83.4 Å². The van der Waals surface area contributed by atoms with Crippen molar-refractivity contribution in [2.24, 2.45) is 0 Å². The third kappa shape index (κ3) is 6.18. The Balaban J connectivity index is 1.65. The molecule has 2 N–H and O–H groups in total. The molecule has 0 bridgehead atoms. The second-order valence-corrected chi connectivity index (χ2v) is 8.01. The minimum atomic E-state index is -0.221. The van der Waals surface area contributed by atoms with Gasteiger partial charge in [-0.25, -0.2) is 0 Å². The number of nitrogens with one attached hydrogen (secondary N) is 2. The van der Waals surface area contributed by atoms with Gasteiger partial charge < -0.3 is 15.4 Å². The molecule has 3 rings (SSSR count). The minimum Gasteiger partial charge on any atom is -0.492 e. The molecule has 3 aromatic rings. The van der Waals surface area contributed by atoms with E-state index in [2.05, 4.69) is 33.5 Å². The van der Waals surface area contributed by atoms with E-state index in [-0.39, 0.29) is 11.8 Å². The molecule has 0 aliphatic rings. The molecular formula is C25H25BrN2O3. The number of aryl methyl sites for hydroxylation is 1. The molecule has 31 heavy (non-hydrogen) atoms. The van der Waals surface area contributed by atoms with Crippen LogP contribution in [-0.2, 0) is 0 Å². The van der Waals surface area contributed by atoms with E-state index in [9.17, 15) is 9.59 Å². The average Bonchev–Trinajstić information content (AvgIpc) is 2.77. The van der Waals surface area contributed by atoms with Gasteiger partial charge in [0.25, 0.3) is 11.8 Å². The molecular weight excluding hydrogens is 456 g/mol. The van der Waals surface area contributed by atoms with Gasteiger partial charge in [0.15, 0.2) is 0 Å². The Morgan fingerprint density at radius 2 is 1.65 bits per heavy atom. The molecule has 0 saturated heterocycles. The summed E-state index contributed by atoms with van der Waals surface area (Å²) in [6.07, 6.45) is 2.04. The van der Waals surface area contributed by atoms with Gasteiger partial charge in [0.1, 0.15) is 5.75 Å². The maximum Gasteiger partial charge on any atom is 0.255 e. The summed E-state index contributed by atoms with van der Waals surface area (Å²) in [4.78, 5) is 25.0. The molecule has 160 valence electrons. The van der Waals surface area contributed by atoms with Gasteiger partial charge >= 0.3 is 0 Å². The molecule has 5 nitrogen and oxygen atoms in total.